The van der Waals surface area contributed by atoms with Crippen LogP contribution in [-0.4, -0.2) is 21.8 Å². The minimum absolute atomic E-state index is 0.222. The maximum atomic E-state index is 13.6. The third-order valence-corrected chi connectivity index (χ3v) is 4.05. The summed E-state index contributed by atoms with van der Waals surface area (Å²) in [5.41, 5.74) is 3.60. The van der Waals surface area contributed by atoms with Gasteiger partial charge in [-0.1, -0.05) is 18.2 Å². The molecule has 6 heteroatoms. The molecule has 1 aromatic heterocycles. The van der Waals surface area contributed by atoms with Gasteiger partial charge >= 0.3 is 5.97 Å². The van der Waals surface area contributed by atoms with E-state index in [2.05, 4.69) is 10.1 Å². The maximum absolute atomic E-state index is 13.6. The Morgan fingerprint density at radius 2 is 2.04 bits per heavy atom. The number of carboxylic acid groups (broad SMARTS) is 1. The number of nitrogens with zero attached hydrogens (tertiary/aromatic N) is 2. The molecule has 1 aliphatic heterocycles. The molecule has 0 aliphatic carbocycles. The van der Waals surface area contributed by atoms with Crippen LogP contribution in [0.2, 0.25) is 0 Å². The van der Waals surface area contributed by atoms with Gasteiger partial charge in [-0.15, -0.1) is 0 Å². The molecule has 0 unspecified atom stereocenters. The monoisotopic (exact) mass is 323 g/mol. The summed E-state index contributed by atoms with van der Waals surface area (Å²) in [4.78, 5) is 14.5. The van der Waals surface area contributed by atoms with Crippen LogP contribution in [0.1, 0.15) is 17.7 Å². The van der Waals surface area contributed by atoms with Crippen molar-refractivity contribution in [3.8, 4) is 0 Å². The van der Waals surface area contributed by atoms with Gasteiger partial charge in [-0.3, -0.25) is 9.80 Å². The summed E-state index contributed by atoms with van der Waals surface area (Å²) in [6.07, 6.45) is -0.222. The normalized spacial score (nSPS) is 13.7. The number of nitrogens with one attached hydrogen (secondary N) is 1. The Bertz CT molecular complexity index is 963. The zero-order valence-electron chi connectivity index (χ0n) is 12.7. The minimum atomic E-state index is -0.972. The van der Waals surface area contributed by atoms with E-state index in [1.165, 1.54) is 12.1 Å². The van der Waals surface area contributed by atoms with Gasteiger partial charge in [-0.05, 0) is 30.3 Å². The molecule has 1 aliphatic rings. The van der Waals surface area contributed by atoms with Crippen LogP contribution in [0, 0.1) is 5.82 Å². The molecule has 0 bridgehead atoms. The molecular formula is C18H14FN3O2. The first-order valence-electron chi connectivity index (χ1n) is 7.54. The molecule has 120 valence electrons. The quantitative estimate of drug-likeness (QED) is 0.775. The van der Waals surface area contributed by atoms with E-state index in [0.717, 1.165) is 16.9 Å². The molecule has 2 heterocycles. The van der Waals surface area contributed by atoms with E-state index in [4.69, 9.17) is 0 Å². The fraction of sp³-hybridized carbons (Fsp3) is 0.111. The molecule has 3 aromatic rings. The van der Waals surface area contributed by atoms with Crippen molar-refractivity contribution in [3.05, 3.63) is 65.6 Å². The van der Waals surface area contributed by atoms with Gasteiger partial charge in [0.2, 0.25) is 0 Å². The van der Waals surface area contributed by atoms with E-state index >= 15 is 0 Å². The summed E-state index contributed by atoms with van der Waals surface area (Å²) in [6.45, 7) is 0.471. The standard InChI is InChI=1S/C18H14FN3O2/c19-11-6-7-14-13(8-11)18-15(9-17(23)24)21-22(10-16(18)20-14)12-4-2-1-3-5-12/h1-8,20H,9-10H2,(H,23,24). The summed E-state index contributed by atoms with van der Waals surface area (Å²) < 4.78 is 13.6. The number of benzene rings is 2. The lowest BCUT2D eigenvalue weighted by atomic mass is 10.0. The number of aliphatic carboxylic acids is 1. The summed E-state index contributed by atoms with van der Waals surface area (Å²) in [6, 6.07) is 14.0. The fourth-order valence-corrected chi connectivity index (χ4v) is 3.07. The van der Waals surface area contributed by atoms with Crippen molar-refractivity contribution in [2.24, 2.45) is 5.10 Å². The number of aromatic nitrogens is 1. The molecule has 24 heavy (non-hydrogen) atoms. The predicted octanol–water partition coefficient (Wildman–Crippen LogP) is 3.51. The number of rotatable bonds is 3. The summed E-state index contributed by atoms with van der Waals surface area (Å²) in [5, 5.41) is 16.2. The summed E-state index contributed by atoms with van der Waals surface area (Å²) in [5.74, 6) is -1.33. The number of halogens is 1. The Morgan fingerprint density at radius 3 is 2.79 bits per heavy atom. The second-order valence-corrected chi connectivity index (χ2v) is 5.68. The lowest BCUT2D eigenvalue weighted by Gasteiger charge is -2.25. The van der Waals surface area contributed by atoms with Crippen molar-refractivity contribution < 1.29 is 14.3 Å². The van der Waals surface area contributed by atoms with Crippen LogP contribution in [0.5, 0.6) is 0 Å². The van der Waals surface area contributed by atoms with Gasteiger partial charge in [-0.25, -0.2) is 4.39 Å². The molecule has 2 N–H and O–H groups in total. The number of carboxylic acids is 1. The largest absolute Gasteiger partial charge is 0.481 e. The fourth-order valence-electron chi connectivity index (χ4n) is 3.07. The highest BCUT2D eigenvalue weighted by atomic mass is 19.1. The van der Waals surface area contributed by atoms with Crippen LogP contribution < -0.4 is 5.01 Å². The van der Waals surface area contributed by atoms with Crippen LogP contribution in [0.4, 0.5) is 10.1 Å². The average Bonchev–Trinajstić information content (AvgIpc) is 2.93. The van der Waals surface area contributed by atoms with Crippen LogP contribution in [0.15, 0.2) is 53.6 Å². The number of fused-ring (bicyclic) bond motifs is 3. The van der Waals surface area contributed by atoms with Gasteiger partial charge in [0.25, 0.3) is 0 Å². The number of hydrazone groups is 1. The first kappa shape index (κ1) is 14.4. The van der Waals surface area contributed by atoms with Crippen LogP contribution in [0.25, 0.3) is 10.9 Å². The molecule has 5 nitrogen and oxygen atoms in total. The molecule has 0 atom stereocenters. The van der Waals surface area contributed by atoms with Gasteiger partial charge < -0.3 is 10.1 Å². The number of aromatic amines is 1. The van der Waals surface area contributed by atoms with Gasteiger partial charge in [0.15, 0.2) is 0 Å². The molecule has 2 aromatic carbocycles. The van der Waals surface area contributed by atoms with Gasteiger partial charge in [0, 0.05) is 22.2 Å². The SMILES string of the molecule is O=C(O)CC1=NN(c2ccccc2)Cc2[nH]c3ccc(F)cc3c21. The van der Waals surface area contributed by atoms with Crippen molar-refractivity contribution in [1.82, 2.24) is 4.98 Å². The molecule has 0 amide bonds. The number of anilines is 1. The van der Waals surface area contributed by atoms with Crippen molar-refractivity contribution in [1.29, 1.82) is 0 Å². The second kappa shape index (κ2) is 5.49. The Morgan fingerprint density at radius 1 is 1.25 bits per heavy atom. The van der Waals surface area contributed by atoms with Crippen LogP contribution >= 0.6 is 0 Å². The molecule has 0 fully saturated rings. The highest BCUT2D eigenvalue weighted by molar-refractivity contribution is 6.17. The number of para-hydroxylation sites is 1. The third-order valence-electron chi connectivity index (χ3n) is 4.05. The summed E-state index contributed by atoms with van der Waals surface area (Å²) >= 11 is 0. The van der Waals surface area contributed by atoms with Crippen molar-refractivity contribution >= 4 is 28.3 Å². The first-order valence-corrected chi connectivity index (χ1v) is 7.54. The van der Waals surface area contributed by atoms with Crippen LogP contribution in [0.3, 0.4) is 0 Å². The number of hydrogen-bond donors (Lipinski definition) is 2. The van der Waals surface area contributed by atoms with E-state index in [1.807, 2.05) is 30.3 Å². The highest BCUT2D eigenvalue weighted by Gasteiger charge is 2.26. The van der Waals surface area contributed by atoms with E-state index in [0.29, 0.717) is 23.2 Å². The Labute approximate surface area is 137 Å². The summed E-state index contributed by atoms with van der Waals surface area (Å²) in [7, 11) is 0. The zero-order chi connectivity index (χ0) is 16.7. The highest BCUT2D eigenvalue weighted by Crippen LogP contribution is 2.31. The molecule has 0 saturated carbocycles. The predicted molar refractivity (Wildman–Crippen MR) is 89.7 cm³/mol. The Balaban J connectivity index is 1.88. The van der Waals surface area contributed by atoms with Gasteiger partial charge in [0.1, 0.15) is 5.82 Å². The van der Waals surface area contributed by atoms with Crippen molar-refractivity contribution in [2.75, 3.05) is 5.01 Å². The topological polar surface area (TPSA) is 68.7 Å². The molecule has 0 radical (unpaired) electrons. The van der Waals surface area contributed by atoms with E-state index in [1.54, 1.807) is 11.1 Å². The second-order valence-electron chi connectivity index (χ2n) is 5.68. The average molecular weight is 323 g/mol. The van der Waals surface area contributed by atoms with E-state index < -0.39 is 5.97 Å². The lowest BCUT2D eigenvalue weighted by Crippen LogP contribution is -2.26. The third kappa shape index (κ3) is 2.42. The van der Waals surface area contributed by atoms with E-state index in [9.17, 15) is 14.3 Å². The lowest BCUT2D eigenvalue weighted by molar-refractivity contribution is -0.135. The van der Waals surface area contributed by atoms with E-state index in [-0.39, 0.29) is 12.2 Å². The molecular weight excluding hydrogens is 309 g/mol. The molecule has 0 spiro atoms. The zero-order valence-corrected chi connectivity index (χ0v) is 12.7. The smallest absolute Gasteiger partial charge is 0.309 e. The molecule has 0 saturated heterocycles. The van der Waals surface area contributed by atoms with Gasteiger partial charge in [-0.2, -0.15) is 5.10 Å². The van der Waals surface area contributed by atoms with Crippen molar-refractivity contribution in [2.45, 2.75) is 13.0 Å². The van der Waals surface area contributed by atoms with Gasteiger partial charge in [0.05, 0.1) is 24.4 Å². The maximum Gasteiger partial charge on any atom is 0.309 e. The van der Waals surface area contributed by atoms with Crippen LogP contribution in [-0.2, 0) is 11.3 Å². The number of H-pyrrole nitrogens is 1. The minimum Gasteiger partial charge on any atom is -0.481 e. The van der Waals surface area contributed by atoms with Crippen molar-refractivity contribution in [3.63, 3.8) is 0 Å². The number of carbonyl (C=O) groups is 1. The Hall–Kier alpha value is -3.15. The number of hydrogen-bond acceptors (Lipinski definition) is 3. The molecule has 4 rings (SSSR count). The Kier molecular flexibility index (Phi) is 3.30. The first-order chi connectivity index (χ1) is 11.6.